The van der Waals surface area contributed by atoms with Gasteiger partial charge >= 0.3 is 0 Å². The Balaban J connectivity index is 1.43. The number of piperidine rings is 1. The van der Waals surface area contributed by atoms with Crippen molar-refractivity contribution in [2.45, 2.75) is 38.6 Å². The number of benzene rings is 1. The monoisotopic (exact) mass is 395 g/mol. The summed E-state index contributed by atoms with van der Waals surface area (Å²) in [5.41, 5.74) is 2.20. The summed E-state index contributed by atoms with van der Waals surface area (Å²) < 4.78 is 15.7. The number of likely N-dealkylation sites (tertiary alicyclic amines) is 1. The van der Waals surface area contributed by atoms with Crippen LogP contribution < -0.4 is 5.32 Å². The van der Waals surface area contributed by atoms with Crippen molar-refractivity contribution in [2.75, 3.05) is 25.0 Å². The molecule has 0 saturated carbocycles. The summed E-state index contributed by atoms with van der Waals surface area (Å²) in [6.45, 7) is 4.86. The summed E-state index contributed by atoms with van der Waals surface area (Å²) in [5.74, 6) is -0.335. The Morgan fingerprint density at radius 2 is 2.14 bits per heavy atom. The second-order valence-corrected chi connectivity index (χ2v) is 7.62. The summed E-state index contributed by atoms with van der Waals surface area (Å²) in [7, 11) is 0. The molecule has 6 nitrogen and oxygen atoms in total. The number of carbonyl (C=O) groups is 1. The van der Waals surface area contributed by atoms with Gasteiger partial charge in [0.2, 0.25) is 5.91 Å². The lowest BCUT2D eigenvalue weighted by Gasteiger charge is -2.32. The van der Waals surface area contributed by atoms with Crippen molar-refractivity contribution in [1.82, 2.24) is 19.7 Å². The predicted octanol–water partition coefficient (Wildman–Crippen LogP) is 3.80. The fraction of sp³-hybridized carbons (Fsp3) is 0.409. The molecule has 1 aliphatic heterocycles. The molecule has 0 aliphatic carbocycles. The number of hydrogen-bond donors (Lipinski definition) is 1. The Morgan fingerprint density at radius 1 is 1.28 bits per heavy atom. The number of amides is 1. The highest BCUT2D eigenvalue weighted by Gasteiger charge is 2.24. The summed E-state index contributed by atoms with van der Waals surface area (Å²) in [4.78, 5) is 19.4. The van der Waals surface area contributed by atoms with Gasteiger partial charge in [-0.05, 0) is 50.1 Å². The van der Waals surface area contributed by atoms with Crippen LogP contribution in [0, 0.1) is 5.82 Å². The molecule has 1 N–H and O–H groups in total. The zero-order valence-electron chi connectivity index (χ0n) is 16.6. The largest absolute Gasteiger partial charge is 0.322 e. The molecular weight excluding hydrogens is 369 g/mol. The van der Waals surface area contributed by atoms with E-state index in [1.807, 2.05) is 10.9 Å². The Morgan fingerprint density at radius 3 is 2.97 bits per heavy atom. The Kier molecular flexibility index (Phi) is 5.85. The molecule has 1 aromatic carbocycles. The van der Waals surface area contributed by atoms with E-state index in [9.17, 15) is 9.18 Å². The number of carbonyl (C=O) groups excluding carboxylic acids is 1. The Bertz CT molecular complexity index is 1000. The van der Waals surface area contributed by atoms with Gasteiger partial charge in [0.15, 0.2) is 5.65 Å². The fourth-order valence-electron chi connectivity index (χ4n) is 3.97. The summed E-state index contributed by atoms with van der Waals surface area (Å²) in [6.07, 6.45) is 4.93. The molecule has 1 atom stereocenters. The maximum Gasteiger partial charge on any atom is 0.238 e. The number of para-hydroxylation sites is 1. The molecule has 1 saturated heterocycles. The lowest BCUT2D eigenvalue weighted by molar-refractivity contribution is -0.117. The molecule has 4 rings (SSSR count). The fourth-order valence-corrected chi connectivity index (χ4v) is 3.97. The highest BCUT2D eigenvalue weighted by molar-refractivity contribution is 5.92. The number of halogens is 1. The van der Waals surface area contributed by atoms with Gasteiger partial charge in [-0.2, -0.15) is 5.10 Å². The molecule has 1 amide bonds. The van der Waals surface area contributed by atoms with Crippen molar-refractivity contribution in [3.8, 4) is 0 Å². The van der Waals surface area contributed by atoms with Crippen molar-refractivity contribution in [2.24, 2.45) is 0 Å². The quantitative estimate of drug-likeness (QED) is 0.690. The summed E-state index contributed by atoms with van der Waals surface area (Å²) in [5, 5.41) is 8.16. The smallest absolute Gasteiger partial charge is 0.238 e. The second-order valence-electron chi connectivity index (χ2n) is 7.62. The van der Waals surface area contributed by atoms with Gasteiger partial charge in [-0.15, -0.1) is 0 Å². The molecule has 0 radical (unpaired) electrons. The van der Waals surface area contributed by atoms with E-state index >= 15 is 0 Å². The van der Waals surface area contributed by atoms with Gasteiger partial charge in [-0.3, -0.25) is 9.69 Å². The van der Waals surface area contributed by atoms with Crippen LogP contribution in [0.4, 0.5) is 10.1 Å². The topological polar surface area (TPSA) is 63.1 Å². The molecule has 2 aromatic heterocycles. The predicted molar refractivity (Wildman–Crippen MR) is 111 cm³/mol. The van der Waals surface area contributed by atoms with Crippen LogP contribution in [0.3, 0.4) is 0 Å². The first-order chi connectivity index (χ1) is 14.1. The number of fused-ring (bicyclic) bond motifs is 1. The minimum atomic E-state index is -0.418. The van der Waals surface area contributed by atoms with Crippen LogP contribution >= 0.6 is 0 Å². The van der Waals surface area contributed by atoms with Crippen molar-refractivity contribution >= 4 is 22.6 Å². The van der Waals surface area contributed by atoms with Crippen molar-refractivity contribution in [1.29, 1.82) is 0 Å². The zero-order valence-corrected chi connectivity index (χ0v) is 16.6. The number of nitrogens with one attached hydrogen (secondary N) is 1. The average Bonchev–Trinajstić information content (AvgIpc) is 3.12. The average molecular weight is 395 g/mol. The van der Waals surface area contributed by atoms with Crippen LogP contribution in [-0.2, 0) is 11.3 Å². The highest BCUT2D eigenvalue weighted by Crippen LogP contribution is 2.27. The van der Waals surface area contributed by atoms with E-state index in [1.165, 1.54) is 6.07 Å². The maximum atomic E-state index is 13.8. The molecule has 29 heavy (non-hydrogen) atoms. The van der Waals surface area contributed by atoms with Crippen LogP contribution in [-0.4, -0.2) is 45.2 Å². The van der Waals surface area contributed by atoms with E-state index in [-0.39, 0.29) is 24.1 Å². The van der Waals surface area contributed by atoms with Gasteiger partial charge in [0, 0.05) is 30.1 Å². The number of pyridine rings is 1. The molecule has 0 bridgehead atoms. The van der Waals surface area contributed by atoms with E-state index in [0.29, 0.717) is 0 Å². The molecule has 1 fully saturated rings. The molecule has 7 heteroatoms. The lowest BCUT2D eigenvalue weighted by atomic mass is 9.94. The van der Waals surface area contributed by atoms with Crippen molar-refractivity contribution in [3.05, 3.63) is 54.1 Å². The first-order valence-electron chi connectivity index (χ1n) is 10.2. The number of aromatic nitrogens is 3. The summed E-state index contributed by atoms with van der Waals surface area (Å²) in [6, 6.07) is 10.4. The normalized spacial score (nSPS) is 17.5. The van der Waals surface area contributed by atoms with Crippen LogP contribution in [0.25, 0.3) is 11.0 Å². The molecule has 0 spiro atoms. The van der Waals surface area contributed by atoms with Crippen LogP contribution in [0.2, 0.25) is 0 Å². The highest BCUT2D eigenvalue weighted by atomic mass is 19.1. The van der Waals surface area contributed by atoms with E-state index in [4.69, 9.17) is 4.98 Å². The first kappa shape index (κ1) is 19.5. The molecular formula is C22H26FN5O. The SMILES string of the molecule is CCCn1ncc2ccc([C@@H]3CCCN(CC(=O)Nc4ccccc4F)C3)nc21. The lowest BCUT2D eigenvalue weighted by Crippen LogP contribution is -2.40. The van der Waals surface area contributed by atoms with Gasteiger partial charge < -0.3 is 5.32 Å². The van der Waals surface area contributed by atoms with Gasteiger partial charge in [0.25, 0.3) is 0 Å². The van der Waals surface area contributed by atoms with Crippen LogP contribution in [0.15, 0.2) is 42.6 Å². The van der Waals surface area contributed by atoms with E-state index in [1.54, 1.807) is 18.2 Å². The third-order valence-corrected chi connectivity index (χ3v) is 5.38. The van der Waals surface area contributed by atoms with Crippen molar-refractivity contribution < 1.29 is 9.18 Å². The number of rotatable bonds is 6. The molecule has 1 aliphatic rings. The molecule has 3 heterocycles. The maximum absolute atomic E-state index is 13.8. The molecule has 0 unspecified atom stereocenters. The van der Waals surface area contributed by atoms with E-state index in [2.05, 4.69) is 34.4 Å². The van der Waals surface area contributed by atoms with Gasteiger partial charge in [0.1, 0.15) is 5.82 Å². The second kappa shape index (κ2) is 8.69. The van der Waals surface area contributed by atoms with E-state index < -0.39 is 5.82 Å². The Labute approximate surface area is 169 Å². The van der Waals surface area contributed by atoms with Gasteiger partial charge in [0.05, 0.1) is 18.4 Å². The first-order valence-corrected chi connectivity index (χ1v) is 10.2. The Hall–Kier alpha value is -2.80. The minimum absolute atomic E-state index is 0.194. The standard InChI is InChI=1S/C22H26FN5O/c1-2-11-28-22-16(13-24-28)9-10-19(26-22)17-6-5-12-27(14-17)15-21(29)25-20-8-4-3-7-18(20)23/h3-4,7-10,13,17H,2,5-6,11-12,14-15H2,1H3,(H,25,29)/t17-/m1/s1. The minimum Gasteiger partial charge on any atom is -0.322 e. The van der Waals surface area contributed by atoms with E-state index in [0.717, 1.165) is 55.6 Å². The molecule has 152 valence electrons. The summed E-state index contributed by atoms with van der Waals surface area (Å²) >= 11 is 0. The third kappa shape index (κ3) is 4.45. The zero-order chi connectivity index (χ0) is 20.2. The van der Waals surface area contributed by atoms with Gasteiger partial charge in [-0.25, -0.2) is 14.1 Å². The number of hydrogen-bond acceptors (Lipinski definition) is 4. The van der Waals surface area contributed by atoms with Gasteiger partial charge in [-0.1, -0.05) is 19.1 Å². The molecule has 3 aromatic rings. The third-order valence-electron chi connectivity index (χ3n) is 5.38. The number of anilines is 1. The number of nitrogens with zero attached hydrogens (tertiary/aromatic N) is 4. The van der Waals surface area contributed by atoms with Crippen molar-refractivity contribution in [3.63, 3.8) is 0 Å². The van der Waals surface area contributed by atoms with Crippen LogP contribution in [0.1, 0.15) is 37.8 Å². The van der Waals surface area contributed by atoms with Crippen LogP contribution in [0.5, 0.6) is 0 Å². The number of aryl methyl sites for hydroxylation is 1.